The molecule has 42 heavy (non-hydrogen) atoms. The number of carbonyl (C=O) groups excluding carboxylic acids is 4. The van der Waals surface area contributed by atoms with Crippen molar-refractivity contribution in [3.8, 4) is 0 Å². The zero-order valence-electron chi connectivity index (χ0n) is 24.2. The van der Waals surface area contributed by atoms with Crippen molar-refractivity contribution in [1.82, 2.24) is 0 Å². The Morgan fingerprint density at radius 3 is 1.31 bits per heavy atom. The second-order valence-corrected chi connectivity index (χ2v) is 9.58. The van der Waals surface area contributed by atoms with E-state index < -0.39 is 30.2 Å². The molecule has 0 N–H and O–H groups in total. The predicted octanol–water partition coefficient (Wildman–Crippen LogP) is 6.80. The van der Waals surface area contributed by atoms with E-state index in [1.807, 2.05) is 24.3 Å². The Bertz CT molecular complexity index is 1010. The van der Waals surface area contributed by atoms with Gasteiger partial charge in [-0.15, -0.1) is 0 Å². The van der Waals surface area contributed by atoms with Gasteiger partial charge in [0.25, 0.3) is 0 Å². The first-order valence-electron chi connectivity index (χ1n) is 13.9. The minimum absolute atomic E-state index is 0.217. The third-order valence-corrected chi connectivity index (χ3v) is 5.91. The van der Waals surface area contributed by atoms with E-state index in [0.29, 0.717) is 0 Å². The third-order valence-electron chi connectivity index (χ3n) is 5.91. The van der Waals surface area contributed by atoms with E-state index in [1.54, 1.807) is 31.2 Å². The number of rotatable bonds is 18. The van der Waals surface area contributed by atoms with Crippen molar-refractivity contribution in [3.05, 3.63) is 70.8 Å². The Morgan fingerprint density at radius 1 is 0.571 bits per heavy atom. The number of hydrogen-bond acceptors (Lipinski definition) is 12. The van der Waals surface area contributed by atoms with Gasteiger partial charge < -0.3 is 9.47 Å². The summed E-state index contributed by atoms with van der Waals surface area (Å²) >= 11 is 0. The highest BCUT2D eigenvalue weighted by molar-refractivity contribution is 5.89. The van der Waals surface area contributed by atoms with Gasteiger partial charge in [-0.2, -0.15) is 0 Å². The fourth-order valence-corrected chi connectivity index (χ4v) is 3.54. The minimum atomic E-state index is -1.28. The molecule has 230 valence electrons. The molecule has 12 heteroatoms. The topological polar surface area (TPSA) is 142 Å². The summed E-state index contributed by atoms with van der Waals surface area (Å²) in [6.45, 7) is 5.35. The molecule has 0 aromatic heterocycles. The van der Waals surface area contributed by atoms with Gasteiger partial charge in [0.1, 0.15) is 13.2 Å². The van der Waals surface area contributed by atoms with Crippen molar-refractivity contribution in [2.45, 2.75) is 72.1 Å². The van der Waals surface area contributed by atoms with E-state index in [4.69, 9.17) is 9.47 Å². The second-order valence-electron chi connectivity index (χ2n) is 9.58. The highest BCUT2D eigenvalue weighted by atomic mass is 17.5. The fourth-order valence-electron chi connectivity index (χ4n) is 3.54. The van der Waals surface area contributed by atoms with Gasteiger partial charge in [-0.05, 0) is 61.1 Å². The summed E-state index contributed by atoms with van der Waals surface area (Å²) in [5.41, 5.74) is 2.62. The van der Waals surface area contributed by atoms with Crippen LogP contribution in [0.2, 0.25) is 0 Å². The first-order chi connectivity index (χ1) is 20.3. The van der Waals surface area contributed by atoms with Gasteiger partial charge in [0.2, 0.25) is 0 Å². The number of benzene rings is 2. The molecule has 0 fully saturated rings. The number of hydrogen-bond donors (Lipinski definition) is 0. The van der Waals surface area contributed by atoms with Gasteiger partial charge in [-0.25, -0.2) is 29.0 Å². The maximum Gasteiger partial charge on any atom is 0.543 e. The van der Waals surface area contributed by atoms with E-state index in [9.17, 15) is 19.2 Å². The number of aryl methyl sites for hydroxylation is 2. The average molecular weight is 591 g/mol. The highest BCUT2D eigenvalue weighted by Gasteiger charge is 2.16. The normalized spacial score (nSPS) is 10.6. The number of carbonyl (C=O) groups is 4. The van der Waals surface area contributed by atoms with Crippen molar-refractivity contribution in [2.24, 2.45) is 5.92 Å². The Hall–Kier alpha value is -4.16. The molecule has 0 saturated carbocycles. The molecule has 2 aromatic carbocycles. The van der Waals surface area contributed by atoms with Gasteiger partial charge in [0.15, 0.2) is 0 Å². The van der Waals surface area contributed by atoms with Crippen molar-refractivity contribution in [1.29, 1.82) is 0 Å². The monoisotopic (exact) mass is 590 g/mol. The predicted molar refractivity (Wildman–Crippen MR) is 146 cm³/mol. The number of ether oxygens (including phenoxy) is 2. The Balaban J connectivity index is 1.54. The van der Waals surface area contributed by atoms with Gasteiger partial charge in [0, 0.05) is 5.92 Å². The molecule has 12 nitrogen and oxygen atoms in total. The molecule has 2 rings (SSSR count). The standard InChI is InChI=1S/C30H38O12/c1-4-6-8-10-23-12-16-25(17-13-23)27(31)37-41-39-29(33)35-20-22(3)21-36-30(34)40-42-38-28(32)26-18-14-24(15-19-26)11-9-7-5-2/h12-19,22H,4-11,20-21H2,1-3H3. The molecule has 0 amide bonds. The fraction of sp³-hybridized carbons (Fsp3) is 0.467. The molecule has 0 aliphatic heterocycles. The first kappa shape index (κ1) is 34.0. The van der Waals surface area contributed by atoms with Crippen LogP contribution in [0.3, 0.4) is 0 Å². The van der Waals surface area contributed by atoms with Crippen LogP contribution in [0.4, 0.5) is 9.59 Å². The van der Waals surface area contributed by atoms with E-state index in [-0.39, 0.29) is 24.3 Å². The lowest BCUT2D eigenvalue weighted by Crippen LogP contribution is -2.20. The molecular formula is C30H38O12. The maximum atomic E-state index is 12.0. The quantitative estimate of drug-likeness (QED) is 0.0779. The summed E-state index contributed by atoms with van der Waals surface area (Å²) in [6, 6.07) is 13.6. The van der Waals surface area contributed by atoms with Crippen LogP contribution < -0.4 is 0 Å². The third kappa shape index (κ3) is 14.0. The van der Waals surface area contributed by atoms with Crippen molar-refractivity contribution in [2.75, 3.05) is 13.2 Å². The summed E-state index contributed by atoms with van der Waals surface area (Å²) in [6.07, 6.45) is 5.89. The van der Waals surface area contributed by atoms with Gasteiger partial charge in [-0.1, -0.05) is 70.7 Å². The summed E-state index contributed by atoms with van der Waals surface area (Å²) in [5, 5.41) is 8.37. The molecule has 0 aliphatic rings. The molecule has 0 unspecified atom stereocenters. The molecule has 0 spiro atoms. The minimum Gasteiger partial charge on any atom is -0.432 e. The summed E-state index contributed by atoms with van der Waals surface area (Å²) in [4.78, 5) is 64.5. The lowest BCUT2D eigenvalue weighted by molar-refractivity contribution is -0.452. The molecule has 0 bridgehead atoms. The zero-order valence-corrected chi connectivity index (χ0v) is 24.2. The Morgan fingerprint density at radius 2 is 0.952 bits per heavy atom. The average Bonchev–Trinajstić information content (AvgIpc) is 2.99. The SMILES string of the molecule is CCCCCc1ccc(C(=O)OOOC(=O)OCC(C)COC(=O)OOOC(=O)c2ccc(CCCCC)cc2)cc1. The van der Waals surface area contributed by atoms with Crippen LogP contribution in [-0.2, 0) is 51.9 Å². The molecule has 0 saturated heterocycles. The van der Waals surface area contributed by atoms with Crippen LogP contribution in [0.25, 0.3) is 0 Å². The van der Waals surface area contributed by atoms with Crippen LogP contribution >= 0.6 is 0 Å². The van der Waals surface area contributed by atoms with Crippen molar-refractivity contribution in [3.63, 3.8) is 0 Å². The van der Waals surface area contributed by atoms with Crippen LogP contribution in [0.1, 0.15) is 91.1 Å². The van der Waals surface area contributed by atoms with Crippen molar-refractivity contribution >= 4 is 24.2 Å². The second kappa shape index (κ2) is 19.8. The molecule has 0 atom stereocenters. The summed E-state index contributed by atoms with van der Waals surface area (Å²) in [7, 11) is 0. The highest BCUT2D eigenvalue weighted by Crippen LogP contribution is 2.12. The van der Waals surface area contributed by atoms with Crippen LogP contribution in [0.5, 0.6) is 0 Å². The zero-order chi connectivity index (χ0) is 30.6. The molecule has 2 aromatic rings. The van der Waals surface area contributed by atoms with E-state index in [0.717, 1.165) is 62.5 Å². The Kier molecular flexibility index (Phi) is 16.1. The van der Waals surface area contributed by atoms with E-state index in [1.165, 1.54) is 0 Å². The first-order valence-corrected chi connectivity index (χ1v) is 13.9. The summed E-state index contributed by atoms with van der Waals surface area (Å²) in [5.74, 6) is -2.21. The largest absolute Gasteiger partial charge is 0.543 e. The lowest BCUT2D eigenvalue weighted by Gasteiger charge is -2.11. The van der Waals surface area contributed by atoms with Gasteiger partial charge in [-0.3, -0.25) is 9.78 Å². The smallest absolute Gasteiger partial charge is 0.432 e. The Labute approximate surface area is 244 Å². The molecular weight excluding hydrogens is 552 g/mol. The number of unbranched alkanes of at least 4 members (excludes halogenated alkanes) is 4. The van der Waals surface area contributed by atoms with Gasteiger partial charge in [0.05, 0.1) is 21.2 Å². The molecule has 0 radical (unpaired) electrons. The van der Waals surface area contributed by atoms with Crippen LogP contribution in [0, 0.1) is 5.92 Å². The van der Waals surface area contributed by atoms with Crippen LogP contribution in [-0.4, -0.2) is 37.5 Å². The van der Waals surface area contributed by atoms with Crippen LogP contribution in [0.15, 0.2) is 48.5 Å². The summed E-state index contributed by atoms with van der Waals surface area (Å²) < 4.78 is 9.55. The maximum absolute atomic E-state index is 12.0. The van der Waals surface area contributed by atoms with E-state index >= 15 is 0 Å². The molecule has 0 aliphatic carbocycles. The van der Waals surface area contributed by atoms with E-state index in [2.05, 4.69) is 43.5 Å². The lowest BCUT2D eigenvalue weighted by atomic mass is 10.1. The van der Waals surface area contributed by atoms with Crippen molar-refractivity contribution < 1.29 is 58.3 Å². The molecule has 0 heterocycles. The van der Waals surface area contributed by atoms with Gasteiger partial charge >= 0.3 is 24.2 Å².